The van der Waals surface area contributed by atoms with E-state index in [1.54, 1.807) is 0 Å². The fourth-order valence-electron chi connectivity index (χ4n) is 3.99. The van der Waals surface area contributed by atoms with E-state index in [-0.39, 0.29) is 11.9 Å². The van der Waals surface area contributed by atoms with Crippen LogP contribution in [0.1, 0.15) is 18.4 Å². The molecule has 0 aliphatic carbocycles. The van der Waals surface area contributed by atoms with E-state index in [4.69, 9.17) is 4.74 Å². The minimum Gasteiger partial charge on any atom is -0.457 e. The maximum Gasteiger partial charge on any atom is 0.239 e. The van der Waals surface area contributed by atoms with Gasteiger partial charge in [-0.3, -0.25) is 4.79 Å². The summed E-state index contributed by atoms with van der Waals surface area (Å²) < 4.78 is 6.02. The molecule has 0 bridgehead atoms. The lowest BCUT2D eigenvalue weighted by Crippen LogP contribution is -2.46. The van der Waals surface area contributed by atoms with Gasteiger partial charge in [-0.2, -0.15) is 0 Å². The first-order valence-corrected chi connectivity index (χ1v) is 11.4. The maximum atomic E-state index is 12.9. The second kappa shape index (κ2) is 11.3. The van der Waals surface area contributed by atoms with Crippen molar-refractivity contribution < 1.29 is 9.53 Å². The number of piperidine rings is 1. The smallest absolute Gasteiger partial charge is 0.239 e. The molecule has 5 heteroatoms. The zero-order valence-corrected chi connectivity index (χ0v) is 18.4. The molecule has 5 nitrogen and oxygen atoms in total. The van der Waals surface area contributed by atoms with Crippen LogP contribution in [-0.4, -0.2) is 38.1 Å². The average molecular weight is 430 g/mol. The van der Waals surface area contributed by atoms with Crippen molar-refractivity contribution >= 4 is 11.6 Å². The van der Waals surface area contributed by atoms with Crippen LogP contribution in [0.2, 0.25) is 0 Å². The number of anilines is 1. The number of benzene rings is 3. The number of ether oxygens (including phenoxy) is 1. The van der Waals surface area contributed by atoms with Crippen LogP contribution in [-0.2, 0) is 11.2 Å². The van der Waals surface area contributed by atoms with Crippen LogP contribution in [0.5, 0.6) is 11.5 Å². The first-order chi connectivity index (χ1) is 15.8. The lowest BCUT2D eigenvalue weighted by Gasteiger charge is -2.28. The van der Waals surface area contributed by atoms with Crippen molar-refractivity contribution in [1.29, 1.82) is 0 Å². The van der Waals surface area contributed by atoms with Crippen molar-refractivity contribution in [2.45, 2.75) is 25.3 Å². The van der Waals surface area contributed by atoms with Gasteiger partial charge < -0.3 is 20.3 Å². The largest absolute Gasteiger partial charge is 0.457 e. The van der Waals surface area contributed by atoms with E-state index >= 15 is 0 Å². The first-order valence-electron chi connectivity index (χ1n) is 11.4. The van der Waals surface area contributed by atoms with Crippen LogP contribution in [0.25, 0.3) is 0 Å². The Morgan fingerprint density at radius 2 is 1.59 bits per heavy atom. The summed E-state index contributed by atoms with van der Waals surface area (Å²) in [7, 11) is 0. The summed E-state index contributed by atoms with van der Waals surface area (Å²) in [6.45, 7) is 2.99. The molecule has 0 aromatic heterocycles. The number of carbonyl (C=O) groups is 1. The number of para-hydroxylation sites is 1. The molecule has 32 heavy (non-hydrogen) atoms. The van der Waals surface area contributed by atoms with Crippen molar-refractivity contribution in [3.63, 3.8) is 0 Å². The van der Waals surface area contributed by atoms with Gasteiger partial charge in [0.1, 0.15) is 11.5 Å². The summed E-state index contributed by atoms with van der Waals surface area (Å²) in [5, 5.41) is 6.56. The molecule has 1 aliphatic rings. The van der Waals surface area contributed by atoms with Crippen molar-refractivity contribution in [3.8, 4) is 11.5 Å². The highest BCUT2D eigenvalue weighted by atomic mass is 16.5. The lowest BCUT2D eigenvalue weighted by molar-refractivity contribution is -0.120. The Labute approximate surface area is 190 Å². The van der Waals surface area contributed by atoms with E-state index in [0.717, 1.165) is 56.1 Å². The lowest BCUT2D eigenvalue weighted by atomic mass is 10.1. The molecule has 3 aromatic carbocycles. The number of amides is 1. The quantitative estimate of drug-likeness (QED) is 0.530. The van der Waals surface area contributed by atoms with E-state index in [1.807, 2.05) is 60.7 Å². The van der Waals surface area contributed by atoms with Crippen molar-refractivity contribution in [1.82, 2.24) is 10.6 Å². The van der Waals surface area contributed by atoms with Crippen LogP contribution in [0.15, 0.2) is 84.9 Å². The van der Waals surface area contributed by atoms with Gasteiger partial charge in [0, 0.05) is 24.3 Å². The molecule has 1 saturated heterocycles. The van der Waals surface area contributed by atoms with Gasteiger partial charge in [-0.15, -0.1) is 0 Å². The maximum absolute atomic E-state index is 12.9. The Bertz CT molecular complexity index is 972. The van der Waals surface area contributed by atoms with E-state index in [2.05, 4.69) is 39.8 Å². The third-order valence-corrected chi connectivity index (χ3v) is 5.71. The molecule has 4 rings (SSSR count). The molecule has 0 atom stereocenters. The Kier molecular flexibility index (Phi) is 7.77. The number of hydrogen-bond acceptors (Lipinski definition) is 4. The van der Waals surface area contributed by atoms with Crippen LogP contribution in [0.4, 0.5) is 5.69 Å². The monoisotopic (exact) mass is 429 g/mol. The topological polar surface area (TPSA) is 53.6 Å². The second-order valence-electron chi connectivity index (χ2n) is 8.16. The van der Waals surface area contributed by atoms with Crippen LogP contribution >= 0.6 is 0 Å². The van der Waals surface area contributed by atoms with Crippen molar-refractivity contribution in [2.24, 2.45) is 0 Å². The molecule has 2 N–H and O–H groups in total. The van der Waals surface area contributed by atoms with Crippen molar-refractivity contribution in [3.05, 3.63) is 90.5 Å². The Morgan fingerprint density at radius 1 is 0.906 bits per heavy atom. The third kappa shape index (κ3) is 6.59. The standard InChI is InChI=1S/C27H31N3O2/c31-27(29-23-14-17-28-18-15-23)21-30(19-16-22-8-3-1-4-9-22)24-10-7-13-26(20-24)32-25-11-5-2-6-12-25/h1-13,20,23,28H,14-19,21H2,(H,29,31). The number of hydrogen-bond donors (Lipinski definition) is 2. The van der Waals surface area contributed by atoms with Gasteiger partial charge in [0.15, 0.2) is 0 Å². The number of nitrogens with one attached hydrogen (secondary N) is 2. The molecular formula is C27H31N3O2. The van der Waals surface area contributed by atoms with Crippen LogP contribution in [0.3, 0.4) is 0 Å². The Hall–Kier alpha value is -3.31. The summed E-state index contributed by atoms with van der Waals surface area (Å²) in [5.74, 6) is 1.63. The fraction of sp³-hybridized carbons (Fsp3) is 0.296. The molecule has 0 spiro atoms. The van der Waals surface area contributed by atoms with Gasteiger partial charge in [-0.25, -0.2) is 0 Å². The van der Waals surface area contributed by atoms with Crippen LogP contribution in [0, 0.1) is 0 Å². The van der Waals surface area contributed by atoms with Gasteiger partial charge in [0.05, 0.1) is 6.54 Å². The molecule has 1 amide bonds. The van der Waals surface area contributed by atoms with Gasteiger partial charge in [-0.05, 0) is 62.2 Å². The molecule has 0 saturated carbocycles. The highest BCUT2D eigenvalue weighted by Gasteiger charge is 2.18. The van der Waals surface area contributed by atoms with E-state index in [0.29, 0.717) is 6.54 Å². The number of nitrogens with zero attached hydrogens (tertiary/aromatic N) is 1. The molecular weight excluding hydrogens is 398 g/mol. The zero-order chi connectivity index (χ0) is 22.0. The summed E-state index contributed by atoms with van der Waals surface area (Å²) in [4.78, 5) is 15.0. The summed E-state index contributed by atoms with van der Waals surface area (Å²) in [6.07, 6.45) is 2.83. The normalized spacial score (nSPS) is 14.0. The van der Waals surface area contributed by atoms with Crippen LogP contribution < -0.4 is 20.3 Å². The predicted molar refractivity (Wildman–Crippen MR) is 129 cm³/mol. The molecule has 1 heterocycles. The third-order valence-electron chi connectivity index (χ3n) is 5.71. The number of rotatable bonds is 9. The molecule has 0 unspecified atom stereocenters. The minimum absolute atomic E-state index is 0.0688. The van der Waals surface area contributed by atoms with E-state index < -0.39 is 0 Å². The summed E-state index contributed by atoms with van der Waals surface area (Å²) >= 11 is 0. The van der Waals surface area contributed by atoms with Crippen molar-refractivity contribution in [2.75, 3.05) is 31.1 Å². The first kappa shape index (κ1) is 21.9. The van der Waals surface area contributed by atoms with E-state index in [1.165, 1.54) is 5.56 Å². The highest BCUT2D eigenvalue weighted by Crippen LogP contribution is 2.26. The molecule has 166 valence electrons. The molecule has 1 aliphatic heterocycles. The highest BCUT2D eigenvalue weighted by molar-refractivity contribution is 5.81. The second-order valence-corrected chi connectivity index (χ2v) is 8.16. The van der Waals surface area contributed by atoms with Gasteiger partial charge >= 0.3 is 0 Å². The summed E-state index contributed by atoms with van der Waals surface area (Å²) in [5.41, 5.74) is 2.24. The molecule has 1 fully saturated rings. The Balaban J connectivity index is 1.47. The van der Waals surface area contributed by atoms with Gasteiger partial charge in [0.2, 0.25) is 5.91 Å². The predicted octanol–water partition coefficient (Wildman–Crippen LogP) is 4.40. The molecule has 0 radical (unpaired) electrons. The SMILES string of the molecule is O=C(CN(CCc1ccccc1)c1cccc(Oc2ccccc2)c1)NC1CCNCC1. The molecule has 3 aromatic rings. The summed E-state index contributed by atoms with van der Waals surface area (Å²) in [6, 6.07) is 28.4. The van der Waals surface area contributed by atoms with Gasteiger partial charge in [0.25, 0.3) is 0 Å². The number of carbonyl (C=O) groups excluding carboxylic acids is 1. The minimum atomic E-state index is 0.0688. The Morgan fingerprint density at radius 3 is 2.34 bits per heavy atom. The average Bonchev–Trinajstić information content (AvgIpc) is 2.84. The van der Waals surface area contributed by atoms with E-state index in [9.17, 15) is 4.79 Å². The fourth-order valence-corrected chi connectivity index (χ4v) is 3.99. The van der Waals surface area contributed by atoms with Gasteiger partial charge in [-0.1, -0.05) is 54.6 Å². The zero-order valence-electron chi connectivity index (χ0n) is 18.4.